The fourth-order valence-electron chi connectivity index (χ4n) is 3.52. The number of para-hydroxylation sites is 1. The Balaban J connectivity index is 2.42. The van der Waals surface area contributed by atoms with Gasteiger partial charge in [-0.3, -0.25) is 13.9 Å². The fraction of sp³-hybridized carbons (Fsp3) is 0.440. The van der Waals surface area contributed by atoms with Gasteiger partial charge in [0.25, 0.3) is 0 Å². The molecule has 0 aliphatic rings. The van der Waals surface area contributed by atoms with Crippen LogP contribution in [0.5, 0.6) is 5.75 Å². The summed E-state index contributed by atoms with van der Waals surface area (Å²) in [6.45, 7) is 5.87. The number of sulfonamides is 1. The minimum Gasteiger partial charge on any atom is -0.497 e. The van der Waals surface area contributed by atoms with Gasteiger partial charge in [-0.05, 0) is 42.2 Å². The van der Waals surface area contributed by atoms with Crippen LogP contribution < -0.4 is 14.4 Å². The Bertz CT molecular complexity index is 1110. The lowest BCUT2D eigenvalue weighted by Crippen LogP contribution is -2.52. The second-order valence-electron chi connectivity index (χ2n) is 8.65. The summed E-state index contributed by atoms with van der Waals surface area (Å²) in [5.74, 6) is 0.0999. The van der Waals surface area contributed by atoms with E-state index in [2.05, 4.69) is 5.32 Å². The maximum absolute atomic E-state index is 13.6. The summed E-state index contributed by atoms with van der Waals surface area (Å²) < 4.78 is 31.4. The number of nitrogens with zero attached hydrogens (tertiary/aromatic N) is 2. The summed E-state index contributed by atoms with van der Waals surface area (Å²) in [5, 5.41) is 3.09. The zero-order chi connectivity index (χ0) is 26.2. The van der Waals surface area contributed by atoms with Crippen molar-refractivity contribution in [2.24, 2.45) is 5.92 Å². The number of methoxy groups -OCH3 is 1. The predicted molar refractivity (Wildman–Crippen MR) is 139 cm³/mol. The molecule has 35 heavy (non-hydrogen) atoms. The molecule has 0 fully saturated rings. The number of amides is 2. The van der Waals surface area contributed by atoms with E-state index in [-0.39, 0.29) is 29.1 Å². The van der Waals surface area contributed by atoms with Gasteiger partial charge in [0, 0.05) is 13.1 Å². The summed E-state index contributed by atoms with van der Waals surface area (Å²) in [6.07, 6.45) is 1.38. The Morgan fingerprint density at radius 1 is 1.09 bits per heavy atom. The van der Waals surface area contributed by atoms with Crippen LogP contribution in [0, 0.1) is 5.92 Å². The molecule has 1 atom stereocenters. The second-order valence-corrected chi connectivity index (χ2v) is 11.0. The topological polar surface area (TPSA) is 96.0 Å². The Hall–Kier alpha value is -2.78. The summed E-state index contributed by atoms with van der Waals surface area (Å²) in [5.41, 5.74) is 0.977. The zero-order valence-electron chi connectivity index (χ0n) is 20.8. The molecule has 2 aromatic carbocycles. The molecule has 0 heterocycles. The lowest BCUT2D eigenvalue weighted by Gasteiger charge is -2.33. The molecule has 2 rings (SSSR count). The molecular weight excluding hydrogens is 490 g/mol. The van der Waals surface area contributed by atoms with Crippen molar-refractivity contribution in [1.29, 1.82) is 0 Å². The van der Waals surface area contributed by atoms with Crippen molar-refractivity contribution in [2.75, 3.05) is 30.8 Å². The van der Waals surface area contributed by atoms with Crippen LogP contribution in [0.2, 0.25) is 5.02 Å². The number of rotatable bonds is 12. The summed E-state index contributed by atoms with van der Waals surface area (Å²) in [4.78, 5) is 28.1. The van der Waals surface area contributed by atoms with Crippen molar-refractivity contribution in [3.63, 3.8) is 0 Å². The van der Waals surface area contributed by atoms with E-state index < -0.39 is 28.5 Å². The SMILES string of the molecule is CCC(C(=O)NCC(C)C)N(Cc1ccc(OC)cc1)C(=O)CN(c1ccccc1Cl)S(C)(=O)=O. The van der Waals surface area contributed by atoms with Gasteiger partial charge < -0.3 is 15.0 Å². The highest BCUT2D eigenvalue weighted by molar-refractivity contribution is 7.92. The smallest absolute Gasteiger partial charge is 0.244 e. The molecule has 0 aliphatic carbocycles. The van der Waals surface area contributed by atoms with E-state index in [1.54, 1.807) is 49.6 Å². The van der Waals surface area contributed by atoms with Crippen LogP contribution in [-0.2, 0) is 26.2 Å². The van der Waals surface area contributed by atoms with Gasteiger partial charge in [-0.2, -0.15) is 0 Å². The molecule has 0 aromatic heterocycles. The molecule has 0 saturated heterocycles. The first-order valence-corrected chi connectivity index (χ1v) is 13.6. The van der Waals surface area contributed by atoms with Crippen LogP contribution in [0.1, 0.15) is 32.8 Å². The van der Waals surface area contributed by atoms with Gasteiger partial charge in [-0.1, -0.05) is 56.6 Å². The molecule has 8 nitrogen and oxygen atoms in total. The number of ether oxygens (including phenoxy) is 1. The molecule has 0 radical (unpaired) electrons. The fourth-order valence-corrected chi connectivity index (χ4v) is 4.67. The number of halogens is 1. The highest BCUT2D eigenvalue weighted by Crippen LogP contribution is 2.27. The molecule has 0 saturated carbocycles. The third-order valence-corrected chi connectivity index (χ3v) is 6.83. The molecule has 1 unspecified atom stereocenters. The minimum atomic E-state index is -3.84. The number of hydrogen-bond donors (Lipinski definition) is 1. The molecule has 0 spiro atoms. The lowest BCUT2D eigenvalue weighted by molar-refractivity contribution is -0.140. The quantitative estimate of drug-likeness (QED) is 0.457. The predicted octanol–water partition coefficient (Wildman–Crippen LogP) is 3.69. The Kier molecular flexibility index (Phi) is 10.4. The second kappa shape index (κ2) is 12.8. The van der Waals surface area contributed by atoms with Gasteiger partial charge in [0.1, 0.15) is 18.3 Å². The van der Waals surface area contributed by atoms with Crippen molar-refractivity contribution < 1.29 is 22.7 Å². The monoisotopic (exact) mass is 523 g/mol. The molecule has 10 heteroatoms. The van der Waals surface area contributed by atoms with Gasteiger partial charge in [-0.15, -0.1) is 0 Å². The Morgan fingerprint density at radius 3 is 2.23 bits per heavy atom. The molecule has 2 aromatic rings. The van der Waals surface area contributed by atoms with Crippen LogP contribution >= 0.6 is 11.6 Å². The van der Waals surface area contributed by atoms with Gasteiger partial charge in [0.15, 0.2) is 0 Å². The largest absolute Gasteiger partial charge is 0.497 e. The van der Waals surface area contributed by atoms with Crippen LogP contribution in [0.4, 0.5) is 5.69 Å². The number of hydrogen-bond acceptors (Lipinski definition) is 5. The average Bonchev–Trinajstić information content (AvgIpc) is 2.81. The molecule has 0 aliphatic heterocycles. The van der Waals surface area contributed by atoms with Crippen LogP contribution in [0.3, 0.4) is 0 Å². The maximum atomic E-state index is 13.6. The van der Waals surface area contributed by atoms with Crippen LogP contribution in [-0.4, -0.2) is 57.6 Å². The number of benzene rings is 2. The molecule has 2 amide bonds. The van der Waals surface area contributed by atoms with Gasteiger partial charge in [0.05, 0.1) is 24.1 Å². The lowest BCUT2D eigenvalue weighted by atomic mass is 10.1. The van der Waals surface area contributed by atoms with E-state index in [0.717, 1.165) is 16.1 Å². The third-order valence-electron chi connectivity index (χ3n) is 5.38. The van der Waals surface area contributed by atoms with Crippen molar-refractivity contribution >= 4 is 39.1 Å². The van der Waals surface area contributed by atoms with Gasteiger partial charge >= 0.3 is 0 Å². The van der Waals surface area contributed by atoms with E-state index in [9.17, 15) is 18.0 Å². The van der Waals surface area contributed by atoms with Gasteiger partial charge in [-0.25, -0.2) is 8.42 Å². The number of carbonyl (C=O) groups excluding carboxylic acids is 2. The van der Waals surface area contributed by atoms with Crippen LogP contribution in [0.25, 0.3) is 0 Å². The zero-order valence-corrected chi connectivity index (χ0v) is 22.4. The van der Waals surface area contributed by atoms with E-state index in [1.807, 2.05) is 20.8 Å². The summed E-state index contributed by atoms with van der Waals surface area (Å²) in [7, 11) is -2.28. The van der Waals surface area contributed by atoms with Crippen molar-refractivity contribution in [2.45, 2.75) is 39.8 Å². The number of anilines is 1. The summed E-state index contributed by atoms with van der Waals surface area (Å²) in [6, 6.07) is 12.8. The molecule has 192 valence electrons. The highest BCUT2D eigenvalue weighted by Gasteiger charge is 2.32. The molecular formula is C25H34ClN3O5S. The highest BCUT2D eigenvalue weighted by atomic mass is 35.5. The Morgan fingerprint density at radius 2 is 1.71 bits per heavy atom. The standard InChI is InChI=1S/C25H34ClN3O5S/c1-6-22(25(31)27-15-18(2)3)28(16-19-11-13-20(34-4)14-12-19)24(30)17-29(35(5,32)33)23-10-8-7-9-21(23)26/h7-14,18,22H,6,15-17H2,1-5H3,(H,27,31). The first kappa shape index (κ1) is 28.5. The normalized spacial score (nSPS) is 12.2. The van der Waals surface area contributed by atoms with E-state index in [1.165, 1.54) is 11.0 Å². The third kappa shape index (κ3) is 8.14. The van der Waals surface area contributed by atoms with Gasteiger partial charge in [0.2, 0.25) is 21.8 Å². The van der Waals surface area contributed by atoms with E-state index in [0.29, 0.717) is 18.7 Å². The van der Waals surface area contributed by atoms with Crippen molar-refractivity contribution in [3.05, 3.63) is 59.1 Å². The maximum Gasteiger partial charge on any atom is 0.244 e. The van der Waals surface area contributed by atoms with Crippen molar-refractivity contribution in [3.8, 4) is 5.75 Å². The Labute approximate surface area is 213 Å². The summed E-state index contributed by atoms with van der Waals surface area (Å²) >= 11 is 6.25. The first-order valence-electron chi connectivity index (χ1n) is 11.4. The molecule has 1 N–H and O–H groups in total. The minimum absolute atomic E-state index is 0.122. The first-order chi connectivity index (χ1) is 16.5. The average molecular weight is 524 g/mol. The van der Waals surface area contributed by atoms with Crippen molar-refractivity contribution in [1.82, 2.24) is 10.2 Å². The van der Waals surface area contributed by atoms with E-state index >= 15 is 0 Å². The molecule has 0 bridgehead atoms. The number of carbonyl (C=O) groups is 2. The van der Waals surface area contributed by atoms with Crippen LogP contribution in [0.15, 0.2) is 48.5 Å². The number of nitrogens with one attached hydrogen (secondary N) is 1. The van der Waals surface area contributed by atoms with E-state index in [4.69, 9.17) is 16.3 Å².